The van der Waals surface area contributed by atoms with Crippen LogP contribution in [-0.2, 0) is 14.6 Å². The molecule has 0 aliphatic heterocycles. The summed E-state index contributed by atoms with van der Waals surface area (Å²) in [4.78, 5) is 15.3. The highest BCUT2D eigenvalue weighted by Gasteiger charge is 2.35. The number of hydrogen-bond acceptors (Lipinski definition) is 6. The summed E-state index contributed by atoms with van der Waals surface area (Å²) in [6, 6.07) is 0. The predicted molar refractivity (Wildman–Crippen MR) is 69.8 cm³/mol. The fourth-order valence-electron chi connectivity index (χ4n) is 2.11. The van der Waals surface area contributed by atoms with Gasteiger partial charge in [0.15, 0.2) is 15.7 Å². The van der Waals surface area contributed by atoms with Crippen molar-refractivity contribution in [1.82, 2.24) is 10.1 Å². The maximum absolute atomic E-state index is 11.5. The number of rotatable bonds is 4. The standard InChI is InChI=1S/C12H16N2O5S/c1-7(20(2,17)18)10-13-11(19-14-10)8-5-3-4-6-9(8)12(15)16/h3-4,7-9H,5-6H2,1-2H3,(H,15,16)/t7?,8-,9+/m1/s1. The molecule has 0 radical (unpaired) electrons. The number of carbonyl (C=O) groups is 1. The van der Waals surface area contributed by atoms with Crippen LogP contribution in [0.2, 0.25) is 0 Å². The zero-order valence-corrected chi connectivity index (χ0v) is 12.0. The van der Waals surface area contributed by atoms with E-state index in [0.717, 1.165) is 6.26 Å². The van der Waals surface area contributed by atoms with Crippen LogP contribution >= 0.6 is 0 Å². The summed E-state index contributed by atoms with van der Waals surface area (Å²) in [5.41, 5.74) is 0. The Morgan fingerprint density at radius 3 is 2.70 bits per heavy atom. The summed E-state index contributed by atoms with van der Waals surface area (Å²) in [7, 11) is -3.32. The van der Waals surface area contributed by atoms with Crippen LogP contribution < -0.4 is 0 Å². The van der Waals surface area contributed by atoms with E-state index in [1.54, 1.807) is 0 Å². The van der Waals surface area contributed by atoms with Crippen LogP contribution in [0.3, 0.4) is 0 Å². The molecule has 1 unspecified atom stereocenters. The average molecular weight is 300 g/mol. The van der Waals surface area contributed by atoms with E-state index in [9.17, 15) is 18.3 Å². The minimum Gasteiger partial charge on any atom is -0.481 e. The Morgan fingerprint density at radius 1 is 1.45 bits per heavy atom. The van der Waals surface area contributed by atoms with Crippen molar-refractivity contribution in [3.8, 4) is 0 Å². The average Bonchev–Trinajstić information content (AvgIpc) is 2.86. The van der Waals surface area contributed by atoms with Crippen LogP contribution in [0, 0.1) is 5.92 Å². The lowest BCUT2D eigenvalue weighted by Gasteiger charge is -2.21. The molecule has 8 heteroatoms. The number of hydrogen-bond donors (Lipinski definition) is 1. The van der Waals surface area contributed by atoms with Gasteiger partial charge in [-0.05, 0) is 19.8 Å². The molecule has 1 N–H and O–H groups in total. The molecular formula is C12H16N2O5S. The fourth-order valence-corrected chi connectivity index (χ4v) is 2.59. The summed E-state index contributed by atoms with van der Waals surface area (Å²) in [5.74, 6) is -1.70. The summed E-state index contributed by atoms with van der Waals surface area (Å²) in [5, 5.41) is 12.0. The maximum Gasteiger partial charge on any atom is 0.307 e. The summed E-state index contributed by atoms with van der Waals surface area (Å²) < 4.78 is 28.0. The van der Waals surface area contributed by atoms with Crippen LogP contribution in [0.25, 0.3) is 0 Å². The van der Waals surface area contributed by atoms with Gasteiger partial charge in [-0.3, -0.25) is 4.79 Å². The highest BCUT2D eigenvalue weighted by Crippen LogP contribution is 2.34. The molecule has 1 aromatic rings. The molecule has 20 heavy (non-hydrogen) atoms. The highest BCUT2D eigenvalue weighted by atomic mass is 32.2. The molecule has 0 fully saturated rings. The second-order valence-corrected chi connectivity index (χ2v) is 7.32. The predicted octanol–water partition coefficient (Wildman–Crippen LogP) is 1.31. The molecule has 0 saturated carbocycles. The van der Waals surface area contributed by atoms with E-state index in [1.165, 1.54) is 6.92 Å². The van der Waals surface area contributed by atoms with Gasteiger partial charge >= 0.3 is 5.97 Å². The first-order valence-electron chi connectivity index (χ1n) is 6.21. The van der Waals surface area contributed by atoms with Crippen LogP contribution in [0.1, 0.15) is 42.6 Å². The second-order valence-electron chi connectivity index (χ2n) is 4.96. The van der Waals surface area contributed by atoms with Gasteiger partial charge in [-0.2, -0.15) is 4.98 Å². The van der Waals surface area contributed by atoms with Gasteiger partial charge in [0, 0.05) is 6.26 Å². The number of sulfone groups is 1. The summed E-state index contributed by atoms with van der Waals surface area (Å²) in [6.45, 7) is 1.47. The van der Waals surface area contributed by atoms with Gasteiger partial charge in [-0.1, -0.05) is 17.3 Å². The highest BCUT2D eigenvalue weighted by molar-refractivity contribution is 7.90. The third kappa shape index (κ3) is 2.90. The van der Waals surface area contributed by atoms with Gasteiger partial charge in [0.1, 0.15) is 5.25 Å². The molecule has 110 valence electrons. The van der Waals surface area contributed by atoms with Crippen molar-refractivity contribution >= 4 is 15.8 Å². The molecule has 0 aromatic carbocycles. The molecule has 2 rings (SSSR count). The normalized spacial score (nSPS) is 24.5. The van der Waals surface area contributed by atoms with Gasteiger partial charge in [0.05, 0.1) is 11.8 Å². The second kappa shape index (κ2) is 5.35. The zero-order valence-electron chi connectivity index (χ0n) is 11.2. The lowest BCUT2D eigenvalue weighted by molar-refractivity contribution is -0.142. The van der Waals surface area contributed by atoms with E-state index in [2.05, 4.69) is 10.1 Å². The van der Waals surface area contributed by atoms with Crippen LogP contribution in [0.4, 0.5) is 0 Å². The Bertz CT molecular complexity index is 634. The molecule has 3 atom stereocenters. The lowest BCUT2D eigenvalue weighted by atomic mass is 9.83. The molecule has 1 aliphatic carbocycles. The number of aromatic nitrogens is 2. The Kier molecular flexibility index (Phi) is 3.94. The monoisotopic (exact) mass is 300 g/mol. The van der Waals surface area contributed by atoms with Gasteiger partial charge in [-0.25, -0.2) is 8.42 Å². The molecule has 0 spiro atoms. The van der Waals surface area contributed by atoms with Crippen molar-refractivity contribution in [2.24, 2.45) is 5.92 Å². The van der Waals surface area contributed by atoms with Crippen LogP contribution in [0.5, 0.6) is 0 Å². The molecule has 0 bridgehead atoms. The van der Waals surface area contributed by atoms with Crippen LogP contribution in [-0.4, -0.2) is 35.9 Å². The van der Waals surface area contributed by atoms with Gasteiger partial charge in [0.25, 0.3) is 0 Å². The summed E-state index contributed by atoms with van der Waals surface area (Å²) >= 11 is 0. The van der Waals surface area contributed by atoms with Crippen molar-refractivity contribution in [3.63, 3.8) is 0 Å². The largest absolute Gasteiger partial charge is 0.481 e. The van der Waals surface area contributed by atoms with Gasteiger partial charge in [-0.15, -0.1) is 0 Å². The number of carboxylic acids is 1. The van der Waals surface area contributed by atoms with Crippen molar-refractivity contribution < 1.29 is 22.8 Å². The molecule has 1 aromatic heterocycles. The van der Waals surface area contributed by atoms with Crippen molar-refractivity contribution in [2.45, 2.75) is 30.9 Å². The first-order chi connectivity index (χ1) is 9.30. The SMILES string of the molecule is CC(c1noc([C@@H]2CC=CC[C@@H]2C(=O)O)n1)S(C)(=O)=O. The molecule has 1 aliphatic rings. The molecule has 1 heterocycles. The van der Waals surface area contributed by atoms with Gasteiger partial charge < -0.3 is 9.63 Å². The molecule has 0 amide bonds. The number of nitrogens with zero attached hydrogens (tertiary/aromatic N) is 2. The number of aliphatic carboxylic acids is 1. The fraction of sp³-hybridized carbons (Fsp3) is 0.583. The number of allylic oxidation sites excluding steroid dienone is 2. The minimum atomic E-state index is -3.32. The maximum atomic E-state index is 11.5. The lowest BCUT2D eigenvalue weighted by Crippen LogP contribution is -2.23. The van der Waals surface area contributed by atoms with E-state index in [-0.39, 0.29) is 11.7 Å². The quantitative estimate of drug-likeness (QED) is 0.834. The van der Waals surface area contributed by atoms with E-state index < -0.39 is 32.9 Å². The molecule has 0 saturated heterocycles. The summed E-state index contributed by atoms with van der Waals surface area (Å²) in [6.07, 6.45) is 5.67. The third-order valence-corrected chi connectivity index (χ3v) is 5.03. The number of carboxylic acid groups (broad SMARTS) is 1. The van der Waals surface area contributed by atoms with Crippen molar-refractivity contribution in [2.75, 3.05) is 6.26 Å². The Labute approximate surface area is 116 Å². The topological polar surface area (TPSA) is 110 Å². The van der Waals surface area contributed by atoms with E-state index in [0.29, 0.717) is 12.8 Å². The smallest absolute Gasteiger partial charge is 0.307 e. The first kappa shape index (κ1) is 14.7. The minimum absolute atomic E-state index is 0.0705. The Balaban J connectivity index is 2.28. The van der Waals surface area contributed by atoms with E-state index in [1.807, 2.05) is 12.2 Å². The Morgan fingerprint density at radius 2 is 2.10 bits per heavy atom. The molecular weight excluding hydrogens is 284 g/mol. The van der Waals surface area contributed by atoms with Crippen molar-refractivity contribution in [3.05, 3.63) is 23.9 Å². The van der Waals surface area contributed by atoms with Crippen molar-refractivity contribution in [1.29, 1.82) is 0 Å². The zero-order chi connectivity index (χ0) is 14.9. The Hall–Kier alpha value is -1.70. The third-order valence-electron chi connectivity index (χ3n) is 3.53. The van der Waals surface area contributed by atoms with Crippen LogP contribution in [0.15, 0.2) is 16.7 Å². The van der Waals surface area contributed by atoms with E-state index >= 15 is 0 Å². The van der Waals surface area contributed by atoms with E-state index in [4.69, 9.17) is 4.52 Å². The molecule has 7 nitrogen and oxygen atoms in total. The first-order valence-corrected chi connectivity index (χ1v) is 8.16. The van der Waals surface area contributed by atoms with Gasteiger partial charge in [0.2, 0.25) is 5.89 Å².